The number of methoxy groups -OCH3 is 1. The van der Waals surface area contributed by atoms with Gasteiger partial charge in [-0.2, -0.15) is 0 Å². The quantitative estimate of drug-likeness (QED) is 0.569. The summed E-state index contributed by atoms with van der Waals surface area (Å²) in [5.41, 5.74) is 1.17. The number of ether oxygens (including phenoxy) is 1. The molecule has 17 heavy (non-hydrogen) atoms. The van der Waals surface area contributed by atoms with Crippen molar-refractivity contribution in [1.29, 1.82) is 0 Å². The molecule has 0 radical (unpaired) electrons. The molecule has 1 aromatic rings. The molecule has 0 N–H and O–H groups in total. The second-order valence-electron chi connectivity index (χ2n) is 4.35. The van der Waals surface area contributed by atoms with Crippen molar-refractivity contribution < 1.29 is 4.74 Å². The molecule has 0 spiro atoms. The van der Waals surface area contributed by atoms with E-state index in [-0.39, 0.29) is 0 Å². The molecule has 0 unspecified atom stereocenters. The van der Waals surface area contributed by atoms with Crippen LogP contribution in [0, 0.1) is 0 Å². The summed E-state index contributed by atoms with van der Waals surface area (Å²) in [7, 11) is 1.72. The summed E-state index contributed by atoms with van der Waals surface area (Å²) in [6.45, 7) is 2.25. The molecule has 0 aliphatic rings. The fourth-order valence-electron chi connectivity index (χ4n) is 1.88. The summed E-state index contributed by atoms with van der Waals surface area (Å²) < 4.78 is 5.30. The van der Waals surface area contributed by atoms with Gasteiger partial charge in [-0.1, -0.05) is 63.0 Å². The number of rotatable bonds is 8. The first-order valence-corrected chi connectivity index (χ1v) is 6.68. The Hall–Kier alpha value is -1.24. The summed E-state index contributed by atoms with van der Waals surface area (Å²) in [5, 5.41) is 0. The number of allylic oxidation sites excluding steroid dienone is 1. The van der Waals surface area contributed by atoms with Crippen LogP contribution in [0.5, 0.6) is 5.75 Å². The van der Waals surface area contributed by atoms with E-state index in [0.29, 0.717) is 0 Å². The molecular weight excluding hydrogens is 208 g/mol. The average Bonchev–Trinajstić information content (AvgIpc) is 2.38. The van der Waals surface area contributed by atoms with E-state index in [1.807, 2.05) is 18.2 Å². The van der Waals surface area contributed by atoms with Crippen molar-refractivity contribution >= 4 is 6.08 Å². The van der Waals surface area contributed by atoms with Gasteiger partial charge in [0.15, 0.2) is 0 Å². The molecule has 1 aromatic carbocycles. The molecule has 0 saturated heterocycles. The highest BCUT2D eigenvalue weighted by atomic mass is 16.5. The largest absolute Gasteiger partial charge is 0.496 e. The number of benzene rings is 1. The van der Waals surface area contributed by atoms with Gasteiger partial charge in [-0.05, 0) is 18.9 Å². The van der Waals surface area contributed by atoms with Crippen LogP contribution >= 0.6 is 0 Å². The predicted molar refractivity (Wildman–Crippen MR) is 75.4 cm³/mol. The predicted octanol–water partition coefficient (Wildman–Crippen LogP) is 5.07. The zero-order chi connectivity index (χ0) is 12.3. The molecule has 94 valence electrons. The van der Waals surface area contributed by atoms with Gasteiger partial charge in [0.1, 0.15) is 5.75 Å². The lowest BCUT2D eigenvalue weighted by Gasteiger charge is -2.03. The van der Waals surface area contributed by atoms with E-state index in [0.717, 1.165) is 5.75 Å². The van der Waals surface area contributed by atoms with Crippen LogP contribution < -0.4 is 4.74 Å². The molecule has 0 aromatic heterocycles. The molecule has 0 atom stereocenters. The Morgan fingerprint density at radius 1 is 1.06 bits per heavy atom. The number of hydrogen-bond donors (Lipinski definition) is 0. The van der Waals surface area contributed by atoms with Crippen LogP contribution in [0.25, 0.3) is 6.08 Å². The van der Waals surface area contributed by atoms with Crippen molar-refractivity contribution in [2.75, 3.05) is 7.11 Å². The number of para-hydroxylation sites is 1. The number of hydrogen-bond acceptors (Lipinski definition) is 1. The van der Waals surface area contributed by atoms with Crippen molar-refractivity contribution in [2.24, 2.45) is 0 Å². The first kappa shape index (κ1) is 13.8. The zero-order valence-corrected chi connectivity index (χ0v) is 11.1. The van der Waals surface area contributed by atoms with Gasteiger partial charge in [-0.3, -0.25) is 0 Å². The van der Waals surface area contributed by atoms with Crippen molar-refractivity contribution in [2.45, 2.75) is 45.4 Å². The van der Waals surface area contributed by atoms with Crippen LogP contribution in [0.3, 0.4) is 0 Å². The van der Waals surface area contributed by atoms with Gasteiger partial charge >= 0.3 is 0 Å². The first-order valence-electron chi connectivity index (χ1n) is 6.68. The lowest BCUT2D eigenvalue weighted by Crippen LogP contribution is -1.85. The van der Waals surface area contributed by atoms with Crippen LogP contribution in [0.15, 0.2) is 30.3 Å². The molecule has 1 nitrogen and oxygen atoms in total. The molecular formula is C16H24O. The molecule has 0 amide bonds. The first-order chi connectivity index (χ1) is 8.38. The van der Waals surface area contributed by atoms with Crippen molar-refractivity contribution in [3.63, 3.8) is 0 Å². The second kappa shape index (κ2) is 8.86. The Morgan fingerprint density at radius 2 is 1.82 bits per heavy atom. The molecule has 0 saturated carbocycles. The van der Waals surface area contributed by atoms with Crippen molar-refractivity contribution in [3.05, 3.63) is 35.9 Å². The van der Waals surface area contributed by atoms with Gasteiger partial charge in [-0.15, -0.1) is 0 Å². The van der Waals surface area contributed by atoms with E-state index in [1.165, 1.54) is 44.1 Å². The summed E-state index contributed by atoms with van der Waals surface area (Å²) in [4.78, 5) is 0. The molecule has 0 bridgehead atoms. The topological polar surface area (TPSA) is 9.23 Å². The summed E-state index contributed by atoms with van der Waals surface area (Å²) >= 11 is 0. The van der Waals surface area contributed by atoms with Crippen LogP contribution in [-0.2, 0) is 0 Å². The Balaban J connectivity index is 2.28. The van der Waals surface area contributed by atoms with Crippen LogP contribution in [-0.4, -0.2) is 7.11 Å². The summed E-state index contributed by atoms with van der Waals surface area (Å²) in [6.07, 6.45) is 12.3. The zero-order valence-electron chi connectivity index (χ0n) is 11.1. The second-order valence-corrected chi connectivity index (χ2v) is 4.35. The van der Waals surface area contributed by atoms with Crippen LogP contribution in [0.2, 0.25) is 0 Å². The van der Waals surface area contributed by atoms with Gasteiger partial charge in [-0.25, -0.2) is 0 Å². The van der Waals surface area contributed by atoms with Crippen molar-refractivity contribution in [3.8, 4) is 5.75 Å². The highest BCUT2D eigenvalue weighted by molar-refractivity contribution is 5.56. The third kappa shape index (κ3) is 5.58. The van der Waals surface area contributed by atoms with E-state index in [4.69, 9.17) is 4.74 Å². The van der Waals surface area contributed by atoms with E-state index < -0.39 is 0 Å². The molecule has 0 heterocycles. The minimum absolute atomic E-state index is 0.953. The van der Waals surface area contributed by atoms with Gasteiger partial charge in [0.05, 0.1) is 7.11 Å². The minimum Gasteiger partial charge on any atom is -0.496 e. The molecule has 0 aliphatic heterocycles. The lowest BCUT2D eigenvalue weighted by atomic mass is 10.1. The van der Waals surface area contributed by atoms with E-state index >= 15 is 0 Å². The maximum absolute atomic E-state index is 5.30. The Labute approximate surface area is 106 Å². The third-order valence-corrected chi connectivity index (χ3v) is 2.91. The average molecular weight is 232 g/mol. The maximum atomic E-state index is 5.30. The summed E-state index contributed by atoms with van der Waals surface area (Å²) in [6, 6.07) is 8.14. The van der Waals surface area contributed by atoms with Crippen LogP contribution in [0.1, 0.15) is 51.0 Å². The normalized spacial score (nSPS) is 10.9. The smallest absolute Gasteiger partial charge is 0.126 e. The molecule has 0 fully saturated rings. The molecule has 1 heteroatoms. The van der Waals surface area contributed by atoms with E-state index in [9.17, 15) is 0 Å². The third-order valence-electron chi connectivity index (χ3n) is 2.91. The summed E-state index contributed by atoms with van der Waals surface area (Å²) in [5.74, 6) is 0.953. The minimum atomic E-state index is 0.953. The molecule has 1 rings (SSSR count). The molecule has 0 aliphatic carbocycles. The standard InChI is InChI=1S/C16H24O/c1-3-4-5-6-7-8-9-12-15-13-10-11-14-16(15)17-2/h9-14H,3-8H2,1-2H3/b12-9-. The van der Waals surface area contributed by atoms with E-state index in [2.05, 4.69) is 25.1 Å². The van der Waals surface area contributed by atoms with Crippen LogP contribution in [0.4, 0.5) is 0 Å². The fraction of sp³-hybridized carbons (Fsp3) is 0.500. The Bertz CT molecular complexity index is 328. The lowest BCUT2D eigenvalue weighted by molar-refractivity contribution is 0.414. The van der Waals surface area contributed by atoms with Crippen molar-refractivity contribution in [1.82, 2.24) is 0 Å². The van der Waals surface area contributed by atoms with Gasteiger partial charge in [0, 0.05) is 5.56 Å². The highest BCUT2D eigenvalue weighted by Crippen LogP contribution is 2.19. The van der Waals surface area contributed by atoms with Gasteiger partial charge < -0.3 is 4.74 Å². The SMILES string of the molecule is CCCCCCC/C=C\c1ccccc1OC. The highest BCUT2D eigenvalue weighted by Gasteiger charge is 1.95. The number of unbranched alkanes of at least 4 members (excludes halogenated alkanes) is 5. The van der Waals surface area contributed by atoms with Gasteiger partial charge in [0.2, 0.25) is 0 Å². The van der Waals surface area contributed by atoms with Gasteiger partial charge in [0.25, 0.3) is 0 Å². The van der Waals surface area contributed by atoms with E-state index in [1.54, 1.807) is 7.11 Å². The fourth-order valence-corrected chi connectivity index (χ4v) is 1.88. The maximum Gasteiger partial charge on any atom is 0.126 e. The monoisotopic (exact) mass is 232 g/mol. The Morgan fingerprint density at radius 3 is 2.59 bits per heavy atom. The Kier molecular flexibility index (Phi) is 7.20.